The smallest absolute Gasteiger partial charge is 0.170 e. The van der Waals surface area contributed by atoms with Gasteiger partial charge < -0.3 is 15.4 Å². The Balaban J connectivity index is 1.66. The molecule has 0 heterocycles. The second-order valence-electron chi connectivity index (χ2n) is 4.05. The molecule has 2 rings (SSSR count). The molecule has 0 bridgehead atoms. The average molecular weight is 290 g/mol. The Hall–Kier alpha value is -2.14. The van der Waals surface area contributed by atoms with Gasteiger partial charge in [0.1, 0.15) is 18.2 Å². The second-order valence-corrected chi connectivity index (χ2v) is 4.46. The molecule has 0 radical (unpaired) electrons. The molecule has 20 heavy (non-hydrogen) atoms. The van der Waals surface area contributed by atoms with Crippen molar-refractivity contribution in [2.45, 2.75) is 0 Å². The van der Waals surface area contributed by atoms with Gasteiger partial charge in [0.25, 0.3) is 0 Å². The molecule has 0 atom stereocenters. The topological polar surface area (TPSA) is 33.3 Å². The Labute approximate surface area is 122 Å². The Morgan fingerprint density at radius 2 is 1.75 bits per heavy atom. The van der Waals surface area contributed by atoms with Crippen LogP contribution in [0.4, 0.5) is 10.1 Å². The summed E-state index contributed by atoms with van der Waals surface area (Å²) in [4.78, 5) is 0. The van der Waals surface area contributed by atoms with Crippen LogP contribution in [-0.4, -0.2) is 18.3 Å². The summed E-state index contributed by atoms with van der Waals surface area (Å²) >= 11 is 5.13. The fourth-order valence-electron chi connectivity index (χ4n) is 1.56. The fraction of sp³-hybridized carbons (Fsp3) is 0.133. The van der Waals surface area contributed by atoms with Gasteiger partial charge in [0.2, 0.25) is 0 Å². The molecule has 0 aliphatic rings. The largest absolute Gasteiger partial charge is 0.492 e. The molecule has 0 fully saturated rings. The highest BCUT2D eigenvalue weighted by Gasteiger charge is 1.98. The molecule has 0 aliphatic heterocycles. The van der Waals surface area contributed by atoms with Crippen molar-refractivity contribution in [3.63, 3.8) is 0 Å². The number of nitrogens with one attached hydrogen (secondary N) is 2. The minimum absolute atomic E-state index is 0.273. The van der Waals surface area contributed by atoms with Gasteiger partial charge in [-0.1, -0.05) is 18.2 Å². The van der Waals surface area contributed by atoms with Gasteiger partial charge >= 0.3 is 0 Å². The third-order valence-electron chi connectivity index (χ3n) is 2.50. The Kier molecular flexibility index (Phi) is 5.32. The van der Waals surface area contributed by atoms with Crippen LogP contribution in [0.15, 0.2) is 54.6 Å². The van der Waals surface area contributed by atoms with Gasteiger partial charge in [0, 0.05) is 5.69 Å². The van der Waals surface area contributed by atoms with Gasteiger partial charge in [-0.05, 0) is 48.6 Å². The zero-order valence-electron chi connectivity index (χ0n) is 10.8. The van der Waals surface area contributed by atoms with Crippen LogP contribution < -0.4 is 15.4 Å². The first kappa shape index (κ1) is 14.3. The summed E-state index contributed by atoms with van der Waals surface area (Å²) in [6, 6.07) is 15.6. The van der Waals surface area contributed by atoms with Gasteiger partial charge in [-0.15, -0.1) is 0 Å². The van der Waals surface area contributed by atoms with E-state index in [1.165, 1.54) is 12.1 Å². The lowest BCUT2D eigenvalue weighted by molar-refractivity contribution is 0.323. The molecule has 0 saturated carbocycles. The maximum absolute atomic E-state index is 12.7. The molecule has 5 heteroatoms. The molecule has 0 unspecified atom stereocenters. The number of anilines is 1. The summed E-state index contributed by atoms with van der Waals surface area (Å²) in [5.41, 5.74) is 0.743. The number of para-hydroxylation sites is 1. The highest BCUT2D eigenvalue weighted by molar-refractivity contribution is 7.80. The zero-order valence-corrected chi connectivity index (χ0v) is 11.6. The number of hydrogen-bond donors (Lipinski definition) is 2. The Morgan fingerprint density at radius 1 is 1.05 bits per heavy atom. The molecule has 2 N–H and O–H groups in total. The molecule has 0 aliphatic carbocycles. The second kappa shape index (κ2) is 7.45. The molecular formula is C15H15FN2OS. The van der Waals surface area contributed by atoms with Crippen LogP contribution in [0, 0.1) is 5.82 Å². The number of rotatable bonds is 5. The number of hydrogen-bond acceptors (Lipinski definition) is 2. The highest BCUT2D eigenvalue weighted by Crippen LogP contribution is 2.08. The lowest BCUT2D eigenvalue weighted by atomic mass is 10.3. The van der Waals surface area contributed by atoms with E-state index in [0.29, 0.717) is 18.3 Å². The van der Waals surface area contributed by atoms with Gasteiger partial charge in [0.05, 0.1) is 6.54 Å². The summed E-state index contributed by atoms with van der Waals surface area (Å²) in [5, 5.41) is 6.46. The van der Waals surface area contributed by atoms with Gasteiger partial charge in [0.15, 0.2) is 5.11 Å². The van der Waals surface area contributed by atoms with E-state index in [9.17, 15) is 4.39 Å². The van der Waals surface area contributed by atoms with E-state index in [1.807, 2.05) is 30.3 Å². The van der Waals surface area contributed by atoms with Crippen LogP contribution in [0.1, 0.15) is 0 Å². The van der Waals surface area contributed by atoms with Gasteiger partial charge in [-0.2, -0.15) is 0 Å². The molecule has 3 nitrogen and oxygen atoms in total. The third-order valence-corrected chi connectivity index (χ3v) is 2.75. The first-order valence-corrected chi connectivity index (χ1v) is 6.63. The lowest BCUT2D eigenvalue weighted by Gasteiger charge is -2.11. The molecule has 2 aromatic carbocycles. The number of thiocarbonyl (C=S) groups is 1. The van der Waals surface area contributed by atoms with Crippen LogP contribution >= 0.6 is 12.2 Å². The Morgan fingerprint density at radius 3 is 2.45 bits per heavy atom. The molecule has 0 aromatic heterocycles. The maximum Gasteiger partial charge on any atom is 0.170 e. The fourth-order valence-corrected chi connectivity index (χ4v) is 1.78. The van der Waals surface area contributed by atoms with Crippen molar-refractivity contribution in [2.75, 3.05) is 18.5 Å². The quantitative estimate of drug-likeness (QED) is 0.654. The minimum atomic E-state index is -0.273. The van der Waals surface area contributed by atoms with Crippen molar-refractivity contribution < 1.29 is 9.13 Å². The van der Waals surface area contributed by atoms with Crippen LogP contribution in [0.5, 0.6) is 5.75 Å². The van der Waals surface area contributed by atoms with Gasteiger partial charge in [-0.25, -0.2) is 4.39 Å². The summed E-state index contributed by atoms with van der Waals surface area (Å²) in [6.07, 6.45) is 0. The third kappa shape index (κ3) is 4.85. The van der Waals surface area contributed by atoms with Crippen molar-refractivity contribution in [3.05, 3.63) is 60.4 Å². The number of benzene rings is 2. The first-order valence-electron chi connectivity index (χ1n) is 6.22. The van der Waals surface area contributed by atoms with E-state index < -0.39 is 0 Å². The lowest BCUT2D eigenvalue weighted by Crippen LogP contribution is -2.31. The molecule has 0 amide bonds. The number of ether oxygens (including phenoxy) is 1. The van der Waals surface area contributed by atoms with Crippen molar-refractivity contribution in [3.8, 4) is 5.75 Å². The zero-order chi connectivity index (χ0) is 14.2. The summed E-state index contributed by atoms with van der Waals surface area (Å²) < 4.78 is 18.3. The highest BCUT2D eigenvalue weighted by atomic mass is 32.1. The summed E-state index contributed by atoms with van der Waals surface area (Å²) in [5.74, 6) is 0.553. The summed E-state index contributed by atoms with van der Waals surface area (Å²) in [7, 11) is 0. The minimum Gasteiger partial charge on any atom is -0.492 e. The number of halogens is 1. The monoisotopic (exact) mass is 290 g/mol. The van der Waals surface area contributed by atoms with E-state index in [2.05, 4.69) is 10.6 Å². The predicted molar refractivity (Wildman–Crippen MR) is 82.6 cm³/mol. The van der Waals surface area contributed by atoms with Crippen LogP contribution in [-0.2, 0) is 0 Å². The average Bonchev–Trinajstić information content (AvgIpc) is 2.47. The van der Waals surface area contributed by atoms with E-state index in [-0.39, 0.29) is 5.82 Å². The van der Waals surface area contributed by atoms with E-state index in [1.54, 1.807) is 12.1 Å². The van der Waals surface area contributed by atoms with Crippen LogP contribution in [0.25, 0.3) is 0 Å². The molecule has 0 spiro atoms. The van der Waals surface area contributed by atoms with E-state index >= 15 is 0 Å². The first-order chi connectivity index (χ1) is 9.74. The normalized spacial score (nSPS) is 9.85. The summed E-state index contributed by atoms with van der Waals surface area (Å²) in [6.45, 7) is 1.09. The molecule has 104 valence electrons. The molecule has 0 saturated heterocycles. The Bertz CT molecular complexity index is 546. The standard InChI is InChI=1S/C15H15FN2OS/c16-12-6-8-13(9-7-12)18-15(20)17-10-11-19-14-4-2-1-3-5-14/h1-9H,10-11H2,(H2,17,18,20). The van der Waals surface area contributed by atoms with Crippen LogP contribution in [0.2, 0.25) is 0 Å². The van der Waals surface area contributed by atoms with Crippen molar-refractivity contribution in [2.24, 2.45) is 0 Å². The van der Waals surface area contributed by atoms with Crippen molar-refractivity contribution in [1.82, 2.24) is 5.32 Å². The predicted octanol–water partition coefficient (Wildman–Crippen LogP) is 3.19. The molecular weight excluding hydrogens is 275 g/mol. The SMILES string of the molecule is Fc1ccc(NC(=S)NCCOc2ccccc2)cc1. The van der Waals surface area contributed by atoms with E-state index in [0.717, 1.165) is 11.4 Å². The van der Waals surface area contributed by atoms with Crippen molar-refractivity contribution in [1.29, 1.82) is 0 Å². The van der Waals surface area contributed by atoms with Crippen LogP contribution in [0.3, 0.4) is 0 Å². The molecule has 2 aromatic rings. The van der Waals surface area contributed by atoms with Crippen molar-refractivity contribution >= 4 is 23.0 Å². The van der Waals surface area contributed by atoms with Gasteiger partial charge in [-0.3, -0.25) is 0 Å². The maximum atomic E-state index is 12.7. The van der Waals surface area contributed by atoms with E-state index in [4.69, 9.17) is 17.0 Å².